The van der Waals surface area contributed by atoms with Crippen molar-refractivity contribution in [2.75, 3.05) is 0 Å². The molecule has 0 radical (unpaired) electrons. The van der Waals surface area contributed by atoms with Crippen LogP contribution >= 0.6 is 0 Å². The maximum absolute atomic E-state index is 10.0. The minimum absolute atomic E-state index is 0. The van der Waals surface area contributed by atoms with Gasteiger partial charge in [-0.15, -0.1) is 11.5 Å². The van der Waals surface area contributed by atoms with Gasteiger partial charge in [-0.05, 0) is 0 Å². The molecule has 0 fully saturated rings. The zero-order chi connectivity index (χ0) is 23.4. The van der Waals surface area contributed by atoms with E-state index >= 15 is 0 Å². The summed E-state index contributed by atoms with van der Waals surface area (Å²) in [6.45, 7) is 11.7. The second-order valence-corrected chi connectivity index (χ2v) is 5.65. The molecule has 0 amide bonds. The van der Waals surface area contributed by atoms with Crippen molar-refractivity contribution in [2.45, 2.75) is 55.4 Å². The Morgan fingerprint density at radius 1 is 0.517 bits per heavy atom. The van der Waals surface area contributed by atoms with Crippen LogP contribution in [0.5, 0.6) is 0 Å². The van der Waals surface area contributed by atoms with Crippen LogP contribution in [0.2, 0.25) is 0 Å². The molecule has 0 aliphatic heterocycles. The molecule has 0 unspecified atom stereocenters. The maximum atomic E-state index is 10.0. The molecule has 0 aromatic heterocycles. The van der Waals surface area contributed by atoms with E-state index in [0.717, 1.165) is 0 Å². The van der Waals surface area contributed by atoms with Gasteiger partial charge >= 0.3 is 11.6 Å². The Labute approximate surface area is 191 Å². The fourth-order valence-corrected chi connectivity index (χ4v) is 1.19. The third kappa shape index (κ3) is 76.9. The molecule has 6 N–H and O–H groups in total. The first kappa shape index (κ1) is 37.5. The topological polar surface area (TPSA) is 175 Å². The van der Waals surface area contributed by atoms with Crippen LogP contribution < -0.4 is 10.2 Å². The maximum Gasteiger partial charge on any atom is 0.312 e. The number of carbonyl (C=O) groups excluding carboxylic acids is 6. The smallest absolute Gasteiger partial charge is 0.312 e. The van der Waals surface area contributed by atoms with Gasteiger partial charge in [-0.3, -0.25) is 9.59 Å². The van der Waals surface area contributed by atoms with Crippen molar-refractivity contribution in [1.82, 2.24) is 0 Å². The van der Waals surface area contributed by atoms with Crippen molar-refractivity contribution in [3.05, 3.63) is 36.5 Å². The largest absolute Gasteiger partial charge is 0.875 e. The Balaban J connectivity index is -0.0000000873. The molecule has 0 aliphatic carbocycles. The summed E-state index contributed by atoms with van der Waals surface area (Å²) in [5.41, 5.74) is 0. The molecule has 0 rings (SSSR count). The first-order valence-electron chi connectivity index (χ1n) is 8.06. The van der Waals surface area contributed by atoms with Crippen LogP contribution in [-0.2, 0) is 26.2 Å². The van der Waals surface area contributed by atoms with Gasteiger partial charge in [0.15, 0.2) is 23.1 Å². The molecule has 0 spiro atoms. The summed E-state index contributed by atoms with van der Waals surface area (Å²) in [6, 6.07) is 0. The predicted molar refractivity (Wildman–Crippen MR) is 112 cm³/mol. The molecule has 0 bridgehead atoms. The minimum Gasteiger partial charge on any atom is -0.875 e. The van der Waals surface area contributed by atoms with Crippen molar-refractivity contribution < 1.29 is 65.2 Å². The summed E-state index contributed by atoms with van der Waals surface area (Å²) >= 11 is 0. The molecule has 0 aliphatic rings. The van der Waals surface area contributed by atoms with Gasteiger partial charge in [0.2, 0.25) is 0 Å². The van der Waals surface area contributed by atoms with Crippen molar-refractivity contribution in [3.63, 3.8) is 0 Å². The molecule has 164 valence electrons. The first-order valence-corrected chi connectivity index (χ1v) is 8.06. The number of allylic oxidation sites excluding steroid dienone is 4. The average Bonchev–Trinajstić information content (AvgIpc) is 2.32. The zero-order valence-electron chi connectivity index (χ0n) is 18.3. The van der Waals surface area contributed by atoms with Gasteiger partial charge < -0.3 is 29.4 Å². The molecule has 0 heterocycles. The number of rotatable bonds is 6. The molecule has 9 heteroatoms. The predicted octanol–water partition coefficient (Wildman–Crippen LogP) is 0.269. The van der Waals surface area contributed by atoms with Crippen molar-refractivity contribution in [1.29, 1.82) is 0 Å². The Morgan fingerprint density at radius 3 is 0.690 bits per heavy atom. The quantitative estimate of drug-likeness (QED) is 0.170. The average molecular weight is 494 g/mol. The molecular formula is C20H34O8Zr+2. The van der Waals surface area contributed by atoms with E-state index in [1.165, 1.54) is 80.4 Å². The summed E-state index contributed by atoms with van der Waals surface area (Å²) < 4.78 is 0. The van der Waals surface area contributed by atoms with Crippen molar-refractivity contribution in [3.8, 4) is 0 Å². The van der Waals surface area contributed by atoms with Crippen molar-refractivity contribution >= 4 is 34.7 Å². The van der Waals surface area contributed by atoms with E-state index in [0.29, 0.717) is 0 Å². The van der Waals surface area contributed by atoms with E-state index in [-0.39, 0.29) is 72.4 Å². The van der Waals surface area contributed by atoms with E-state index in [9.17, 15) is 10.2 Å². The molecule has 8 nitrogen and oxygen atoms in total. The van der Waals surface area contributed by atoms with Crippen LogP contribution in [0.4, 0.5) is 0 Å². The molecule has 0 aromatic carbocycles. The summed E-state index contributed by atoms with van der Waals surface area (Å²) in [6.07, 6.45) is 4.89. The second kappa shape index (κ2) is 23.8. The van der Waals surface area contributed by atoms with E-state index in [4.69, 9.17) is 28.8 Å². The van der Waals surface area contributed by atoms with Gasteiger partial charge in [-0.25, -0.2) is 0 Å². The Kier molecular flexibility index (Phi) is 30.7. The molecule has 29 heavy (non-hydrogen) atoms. The monoisotopic (exact) mass is 492 g/mol. The molecule has 0 saturated carbocycles. The van der Waals surface area contributed by atoms with Crippen LogP contribution in [-0.4, -0.2) is 63.5 Å². The van der Waals surface area contributed by atoms with E-state index in [1.807, 2.05) is 0 Å². The third-order valence-electron chi connectivity index (χ3n) is 1.66. The van der Waals surface area contributed by atoms with Gasteiger partial charge in [0.1, 0.15) is 0 Å². The van der Waals surface area contributed by atoms with Gasteiger partial charge in [0.05, 0.1) is 13.8 Å². The molecule has 0 atom stereocenters. The van der Waals surface area contributed by atoms with Gasteiger partial charge in [0, 0.05) is 66.1 Å². The fraction of sp³-hybridized carbons (Fsp3) is 0.400. The van der Waals surface area contributed by atoms with E-state index in [1.54, 1.807) is 0 Å². The first-order chi connectivity index (χ1) is 12.5. The normalized spacial score (nSPS) is 9.24. The van der Waals surface area contributed by atoms with Crippen molar-refractivity contribution in [2.24, 2.45) is 0 Å². The molecule has 0 aromatic rings. The number of hydrogen-bond donors (Lipinski definition) is 0. The SMILES string of the molecule is CC(=[OH+])C=C(C)[O-].CC(=[OH+])C=C(C)[O-].CC(=[OH+])[CH-]C(C)=[OH+].CC(=[OH+])[CH-]C(C)=[OH+].[Zr]. The van der Waals surface area contributed by atoms with Gasteiger partial charge in [0.25, 0.3) is 0 Å². The second-order valence-electron chi connectivity index (χ2n) is 5.65. The van der Waals surface area contributed by atoms with Crippen LogP contribution in [0, 0.1) is 12.8 Å². The number of hydrogen-bond acceptors (Lipinski definition) is 2. The van der Waals surface area contributed by atoms with Gasteiger partial charge in [-0.1, -0.05) is 13.8 Å². The fourth-order valence-electron chi connectivity index (χ4n) is 1.19. The Bertz CT molecular complexity index is 530. The van der Waals surface area contributed by atoms with E-state index < -0.39 is 0 Å². The zero-order valence-corrected chi connectivity index (χ0v) is 20.8. The van der Waals surface area contributed by atoms with Crippen LogP contribution in [0.1, 0.15) is 55.4 Å². The molecule has 0 saturated heterocycles. The van der Waals surface area contributed by atoms with Gasteiger partial charge in [-0.2, -0.15) is 12.8 Å². The molecular weight excluding hydrogens is 459 g/mol. The summed E-state index contributed by atoms with van der Waals surface area (Å²) in [4.78, 5) is 50.3. The summed E-state index contributed by atoms with van der Waals surface area (Å²) in [5.74, 6) is 0.375. The van der Waals surface area contributed by atoms with Crippen LogP contribution in [0.25, 0.3) is 0 Å². The number of ketones is 6. The third-order valence-corrected chi connectivity index (χ3v) is 1.66. The Hall–Kier alpha value is -2.28. The summed E-state index contributed by atoms with van der Waals surface area (Å²) in [5, 5.41) is 20.0. The Morgan fingerprint density at radius 2 is 0.690 bits per heavy atom. The minimum atomic E-state index is -0.125. The van der Waals surface area contributed by atoms with E-state index in [2.05, 4.69) is 0 Å². The standard InChI is InChI=1S/2C5H8O2.2C5H7O2.Zr/c4*1-4(6)3-5(2)7;/h2*3,6H,1-2H3;2*3H,1-2H3;/q;;2*-1;/p+4. The summed E-state index contributed by atoms with van der Waals surface area (Å²) in [7, 11) is 0. The van der Waals surface area contributed by atoms with Crippen LogP contribution in [0.15, 0.2) is 23.7 Å². The van der Waals surface area contributed by atoms with Crippen LogP contribution in [0.3, 0.4) is 0 Å².